The summed E-state index contributed by atoms with van der Waals surface area (Å²) < 4.78 is 38.9. The second-order valence-electron chi connectivity index (χ2n) is 4.49. The third kappa shape index (κ3) is 4.16. The van der Waals surface area contributed by atoms with Gasteiger partial charge in [0.25, 0.3) is 0 Å². The Balaban J connectivity index is 3.12. The Morgan fingerprint density at radius 3 is 2.50 bits per heavy atom. The molecule has 0 unspecified atom stereocenters. The van der Waals surface area contributed by atoms with Crippen LogP contribution in [0.3, 0.4) is 0 Å². The molecular formula is C12H15ClFNO4S. The highest BCUT2D eigenvalue weighted by atomic mass is 35.5. The van der Waals surface area contributed by atoms with Crippen molar-refractivity contribution in [2.45, 2.75) is 25.6 Å². The molecule has 0 atom stereocenters. The van der Waals surface area contributed by atoms with Crippen LogP contribution in [-0.2, 0) is 20.6 Å². The Morgan fingerprint density at radius 1 is 1.45 bits per heavy atom. The minimum absolute atomic E-state index is 0.00685. The van der Waals surface area contributed by atoms with Crippen LogP contribution < -0.4 is 0 Å². The molecule has 5 nitrogen and oxygen atoms in total. The van der Waals surface area contributed by atoms with Gasteiger partial charge in [-0.25, -0.2) is 12.8 Å². The monoisotopic (exact) mass is 323 g/mol. The summed E-state index contributed by atoms with van der Waals surface area (Å²) in [7, 11) is -3.99. The average molecular weight is 324 g/mol. The van der Waals surface area contributed by atoms with E-state index in [0.29, 0.717) is 0 Å². The van der Waals surface area contributed by atoms with E-state index >= 15 is 0 Å². The van der Waals surface area contributed by atoms with Crippen molar-refractivity contribution in [1.29, 1.82) is 0 Å². The predicted octanol–water partition coefficient (Wildman–Crippen LogP) is 2.10. The average Bonchev–Trinajstić information content (AvgIpc) is 2.30. The van der Waals surface area contributed by atoms with Crippen LogP contribution in [0, 0.1) is 5.82 Å². The number of sulfonamides is 1. The van der Waals surface area contributed by atoms with E-state index in [1.165, 1.54) is 12.1 Å². The Morgan fingerprint density at radius 2 is 2.05 bits per heavy atom. The van der Waals surface area contributed by atoms with Crippen LogP contribution in [0.4, 0.5) is 4.39 Å². The fourth-order valence-corrected chi connectivity index (χ4v) is 3.75. The molecule has 112 valence electrons. The summed E-state index contributed by atoms with van der Waals surface area (Å²) in [6.45, 7) is 2.42. The van der Waals surface area contributed by atoms with Crippen molar-refractivity contribution in [2.24, 2.45) is 0 Å². The molecule has 20 heavy (non-hydrogen) atoms. The number of carboxylic acids is 1. The molecule has 0 heterocycles. The van der Waals surface area contributed by atoms with Crippen LogP contribution in [0.1, 0.15) is 19.4 Å². The maximum Gasteiger partial charge on any atom is 0.318 e. The molecule has 0 saturated carbocycles. The van der Waals surface area contributed by atoms with E-state index < -0.39 is 40.1 Å². The number of hydrogen-bond acceptors (Lipinski definition) is 3. The summed E-state index contributed by atoms with van der Waals surface area (Å²) in [5, 5.41) is 8.76. The van der Waals surface area contributed by atoms with Crippen molar-refractivity contribution in [3.8, 4) is 0 Å². The Bertz CT molecular complexity index is 583. The molecule has 0 spiro atoms. The van der Waals surface area contributed by atoms with Gasteiger partial charge in [-0.1, -0.05) is 17.7 Å². The quantitative estimate of drug-likeness (QED) is 0.870. The van der Waals surface area contributed by atoms with Crippen LogP contribution in [0.25, 0.3) is 0 Å². The largest absolute Gasteiger partial charge is 0.480 e. The molecule has 0 fully saturated rings. The van der Waals surface area contributed by atoms with Crippen molar-refractivity contribution in [2.75, 3.05) is 6.54 Å². The SMILES string of the molecule is CC(C)N(CC(=O)O)S(=O)(=O)Cc1c(F)cccc1Cl. The zero-order valence-corrected chi connectivity index (χ0v) is 12.6. The second kappa shape index (κ2) is 6.51. The van der Waals surface area contributed by atoms with Crippen molar-refractivity contribution in [3.05, 3.63) is 34.6 Å². The molecule has 0 aliphatic heterocycles. The van der Waals surface area contributed by atoms with E-state index in [-0.39, 0.29) is 10.6 Å². The molecule has 0 aliphatic carbocycles. The molecule has 1 rings (SSSR count). The number of carboxylic acid groups (broad SMARTS) is 1. The maximum absolute atomic E-state index is 13.6. The first-order valence-corrected chi connectivity index (χ1v) is 7.78. The fourth-order valence-electron chi connectivity index (χ4n) is 1.67. The summed E-state index contributed by atoms with van der Waals surface area (Å²) in [5.74, 6) is -2.69. The van der Waals surface area contributed by atoms with Crippen LogP contribution in [0.15, 0.2) is 18.2 Å². The van der Waals surface area contributed by atoms with Gasteiger partial charge in [0.1, 0.15) is 12.4 Å². The number of nitrogens with zero attached hydrogens (tertiary/aromatic N) is 1. The van der Waals surface area contributed by atoms with Crippen molar-refractivity contribution in [3.63, 3.8) is 0 Å². The number of aliphatic carboxylic acids is 1. The molecule has 0 bridgehead atoms. The summed E-state index contributed by atoms with van der Waals surface area (Å²) in [6.07, 6.45) is 0. The molecule has 1 N–H and O–H groups in total. The molecule has 1 aromatic carbocycles. The van der Waals surface area contributed by atoms with Gasteiger partial charge < -0.3 is 5.11 Å². The zero-order valence-electron chi connectivity index (χ0n) is 11.0. The van der Waals surface area contributed by atoms with E-state index in [4.69, 9.17) is 16.7 Å². The number of benzene rings is 1. The number of rotatable bonds is 6. The molecule has 0 aromatic heterocycles. The molecule has 1 aromatic rings. The molecule has 0 aliphatic rings. The van der Waals surface area contributed by atoms with Gasteiger partial charge in [-0.2, -0.15) is 4.31 Å². The lowest BCUT2D eigenvalue weighted by Crippen LogP contribution is -2.41. The van der Waals surface area contributed by atoms with Gasteiger partial charge in [0.15, 0.2) is 0 Å². The smallest absolute Gasteiger partial charge is 0.318 e. The minimum Gasteiger partial charge on any atom is -0.480 e. The van der Waals surface area contributed by atoms with Gasteiger partial charge >= 0.3 is 5.97 Å². The number of halogens is 2. The highest BCUT2D eigenvalue weighted by molar-refractivity contribution is 7.88. The number of carbonyl (C=O) groups is 1. The first-order chi connectivity index (χ1) is 9.15. The first-order valence-electron chi connectivity index (χ1n) is 5.79. The van der Waals surface area contributed by atoms with E-state index in [0.717, 1.165) is 10.4 Å². The van der Waals surface area contributed by atoms with Gasteiger partial charge in [-0.15, -0.1) is 0 Å². The zero-order chi connectivity index (χ0) is 15.5. The van der Waals surface area contributed by atoms with Crippen LogP contribution >= 0.6 is 11.6 Å². The van der Waals surface area contributed by atoms with E-state index in [2.05, 4.69) is 0 Å². The minimum atomic E-state index is -3.99. The second-order valence-corrected chi connectivity index (χ2v) is 6.82. The molecule has 0 amide bonds. The lowest BCUT2D eigenvalue weighted by Gasteiger charge is -2.24. The summed E-state index contributed by atoms with van der Waals surface area (Å²) in [4.78, 5) is 10.7. The van der Waals surface area contributed by atoms with Gasteiger partial charge in [0, 0.05) is 16.6 Å². The molecule has 0 saturated heterocycles. The van der Waals surface area contributed by atoms with Crippen molar-refractivity contribution in [1.82, 2.24) is 4.31 Å². The van der Waals surface area contributed by atoms with Gasteiger partial charge in [-0.3, -0.25) is 4.79 Å². The van der Waals surface area contributed by atoms with Crippen molar-refractivity contribution >= 4 is 27.6 Å². The van der Waals surface area contributed by atoms with Crippen LogP contribution in [-0.4, -0.2) is 36.4 Å². The van der Waals surface area contributed by atoms with E-state index in [1.807, 2.05) is 0 Å². The number of hydrogen-bond donors (Lipinski definition) is 1. The van der Waals surface area contributed by atoms with Crippen molar-refractivity contribution < 1.29 is 22.7 Å². The van der Waals surface area contributed by atoms with Crippen LogP contribution in [0.5, 0.6) is 0 Å². The standard InChI is InChI=1S/C12H15ClFNO4S/c1-8(2)15(6-12(16)17)20(18,19)7-9-10(13)4-3-5-11(9)14/h3-5,8H,6-7H2,1-2H3,(H,16,17). The lowest BCUT2D eigenvalue weighted by molar-refractivity contribution is -0.137. The third-order valence-corrected chi connectivity index (χ3v) is 4.89. The summed E-state index contributed by atoms with van der Waals surface area (Å²) in [6, 6.07) is 3.30. The normalized spacial score (nSPS) is 12.1. The third-order valence-electron chi connectivity index (χ3n) is 2.61. The fraction of sp³-hybridized carbons (Fsp3) is 0.417. The first kappa shape index (κ1) is 16.9. The highest BCUT2D eigenvalue weighted by Gasteiger charge is 2.29. The van der Waals surface area contributed by atoms with Gasteiger partial charge in [0.2, 0.25) is 10.0 Å². The summed E-state index contributed by atoms with van der Waals surface area (Å²) in [5.41, 5.74) is -0.162. The topological polar surface area (TPSA) is 74.7 Å². The Labute approximate surface area is 122 Å². The predicted molar refractivity (Wildman–Crippen MR) is 73.5 cm³/mol. The van der Waals surface area contributed by atoms with E-state index in [1.54, 1.807) is 13.8 Å². The molecular weight excluding hydrogens is 309 g/mol. The Kier molecular flexibility index (Phi) is 5.50. The van der Waals surface area contributed by atoms with Gasteiger partial charge in [-0.05, 0) is 26.0 Å². The van der Waals surface area contributed by atoms with Gasteiger partial charge in [0.05, 0.1) is 5.75 Å². The lowest BCUT2D eigenvalue weighted by atomic mass is 10.2. The van der Waals surface area contributed by atoms with Crippen LogP contribution in [0.2, 0.25) is 5.02 Å². The molecule has 0 radical (unpaired) electrons. The summed E-state index contributed by atoms with van der Waals surface area (Å²) >= 11 is 5.79. The maximum atomic E-state index is 13.6. The molecule has 8 heteroatoms. The highest BCUT2D eigenvalue weighted by Crippen LogP contribution is 2.23. The van der Waals surface area contributed by atoms with E-state index in [9.17, 15) is 17.6 Å². The Hall–Kier alpha value is -1.18.